The first kappa shape index (κ1) is 23.5. The molecule has 1 saturated heterocycles. The van der Waals surface area contributed by atoms with Crippen molar-refractivity contribution in [3.05, 3.63) is 72.5 Å². The molecule has 1 fully saturated rings. The lowest BCUT2D eigenvalue weighted by atomic mass is 10.1. The van der Waals surface area contributed by atoms with Gasteiger partial charge >= 0.3 is 0 Å². The molecule has 1 atom stereocenters. The van der Waals surface area contributed by atoms with Crippen LogP contribution in [0.5, 0.6) is 0 Å². The first-order valence-electron chi connectivity index (χ1n) is 11.9. The predicted octanol–water partition coefficient (Wildman–Crippen LogP) is 5.56. The molecule has 1 aliphatic heterocycles. The Kier molecular flexibility index (Phi) is 7.11. The van der Waals surface area contributed by atoms with Crippen LogP contribution in [-0.4, -0.2) is 45.7 Å². The van der Waals surface area contributed by atoms with E-state index in [0.717, 1.165) is 41.5 Å². The lowest BCUT2D eigenvalue weighted by Crippen LogP contribution is -2.32. The van der Waals surface area contributed by atoms with E-state index in [1.807, 2.05) is 46.7 Å². The number of fused-ring (bicyclic) bond motifs is 1. The number of carbonyl (C=O) groups is 1. The number of ether oxygens (including phenoxy) is 1. The minimum atomic E-state index is -0.299. The maximum Gasteiger partial charge on any atom is 0.237 e. The summed E-state index contributed by atoms with van der Waals surface area (Å²) in [6.07, 6.45) is 2.06. The average Bonchev–Trinajstić information content (AvgIpc) is 3.54. The first-order chi connectivity index (χ1) is 17.1. The van der Waals surface area contributed by atoms with Crippen molar-refractivity contribution >= 4 is 34.1 Å². The highest BCUT2D eigenvalue weighted by atomic mass is 32.2. The van der Waals surface area contributed by atoms with Crippen molar-refractivity contribution in [3.8, 4) is 11.4 Å². The number of hydrogen-bond donors (Lipinski definition) is 0. The summed E-state index contributed by atoms with van der Waals surface area (Å²) in [7, 11) is 0. The fourth-order valence-corrected chi connectivity index (χ4v) is 5.32. The van der Waals surface area contributed by atoms with Gasteiger partial charge in [0.25, 0.3) is 0 Å². The molecule has 1 aromatic heterocycles. The maximum atomic E-state index is 13.5. The van der Waals surface area contributed by atoms with Crippen molar-refractivity contribution < 1.29 is 13.9 Å². The van der Waals surface area contributed by atoms with Gasteiger partial charge in [-0.1, -0.05) is 48.2 Å². The Hall–Kier alpha value is -3.23. The van der Waals surface area contributed by atoms with Crippen molar-refractivity contribution in [2.24, 2.45) is 0 Å². The number of anilines is 1. The summed E-state index contributed by atoms with van der Waals surface area (Å²) >= 11 is 1.37. The zero-order valence-electron chi connectivity index (χ0n) is 19.6. The van der Waals surface area contributed by atoms with Gasteiger partial charge in [-0.2, -0.15) is 0 Å². The average molecular weight is 491 g/mol. The van der Waals surface area contributed by atoms with Gasteiger partial charge in [0, 0.05) is 24.1 Å². The molecular formula is C27H27FN4O2S. The molecule has 0 spiro atoms. The minimum absolute atomic E-state index is 0.00357. The van der Waals surface area contributed by atoms with E-state index in [1.165, 1.54) is 23.9 Å². The van der Waals surface area contributed by atoms with Crippen LogP contribution in [0.1, 0.15) is 19.8 Å². The van der Waals surface area contributed by atoms with Crippen LogP contribution in [0, 0.1) is 5.82 Å². The van der Waals surface area contributed by atoms with Gasteiger partial charge in [0.15, 0.2) is 11.0 Å². The van der Waals surface area contributed by atoms with Crippen molar-refractivity contribution in [3.63, 3.8) is 0 Å². The zero-order valence-corrected chi connectivity index (χ0v) is 20.4. The molecule has 0 saturated carbocycles. The minimum Gasteiger partial charge on any atom is -0.376 e. The van der Waals surface area contributed by atoms with E-state index in [1.54, 1.807) is 12.1 Å². The van der Waals surface area contributed by atoms with Gasteiger partial charge in [0.05, 0.1) is 24.1 Å². The Labute approximate surface area is 208 Å². The van der Waals surface area contributed by atoms with Crippen LogP contribution in [0.25, 0.3) is 22.2 Å². The van der Waals surface area contributed by atoms with Gasteiger partial charge in [-0.15, -0.1) is 10.2 Å². The topological polar surface area (TPSA) is 60.2 Å². The Morgan fingerprint density at radius 1 is 1.11 bits per heavy atom. The number of halogens is 1. The zero-order chi connectivity index (χ0) is 24.2. The molecule has 2 heterocycles. The summed E-state index contributed by atoms with van der Waals surface area (Å²) in [6, 6.07) is 20.3. The summed E-state index contributed by atoms with van der Waals surface area (Å²) < 4.78 is 21.3. The van der Waals surface area contributed by atoms with Gasteiger partial charge in [-0.25, -0.2) is 4.39 Å². The number of aromatic nitrogens is 3. The van der Waals surface area contributed by atoms with E-state index < -0.39 is 0 Å². The molecule has 6 nitrogen and oxygen atoms in total. The first-order valence-corrected chi connectivity index (χ1v) is 12.8. The fraction of sp³-hybridized carbons (Fsp3) is 0.296. The molecule has 3 aromatic carbocycles. The van der Waals surface area contributed by atoms with E-state index in [0.29, 0.717) is 24.1 Å². The van der Waals surface area contributed by atoms with Gasteiger partial charge in [-0.3, -0.25) is 9.36 Å². The summed E-state index contributed by atoms with van der Waals surface area (Å²) in [5.41, 5.74) is 1.69. The number of amides is 1. The fourth-order valence-electron chi connectivity index (χ4n) is 4.49. The molecule has 8 heteroatoms. The van der Waals surface area contributed by atoms with Crippen LogP contribution in [-0.2, 0) is 16.1 Å². The van der Waals surface area contributed by atoms with Crippen molar-refractivity contribution in [1.29, 1.82) is 0 Å². The molecule has 0 aliphatic carbocycles. The van der Waals surface area contributed by atoms with E-state index in [9.17, 15) is 9.18 Å². The third-order valence-corrected chi connectivity index (χ3v) is 7.18. The van der Waals surface area contributed by atoms with Crippen molar-refractivity contribution in [2.45, 2.75) is 37.6 Å². The van der Waals surface area contributed by atoms with Crippen LogP contribution in [0.3, 0.4) is 0 Å². The van der Waals surface area contributed by atoms with E-state index in [-0.39, 0.29) is 23.6 Å². The Balaban J connectivity index is 1.39. The van der Waals surface area contributed by atoms with Gasteiger partial charge in [0.2, 0.25) is 5.91 Å². The summed E-state index contributed by atoms with van der Waals surface area (Å²) in [4.78, 5) is 15.2. The highest BCUT2D eigenvalue weighted by Gasteiger charge is 2.23. The Bertz CT molecular complexity index is 1310. The van der Waals surface area contributed by atoms with Crippen LogP contribution in [0.2, 0.25) is 0 Å². The Morgan fingerprint density at radius 2 is 1.91 bits per heavy atom. The van der Waals surface area contributed by atoms with E-state index in [2.05, 4.69) is 22.3 Å². The second-order valence-electron chi connectivity index (χ2n) is 8.48. The molecule has 0 radical (unpaired) electrons. The van der Waals surface area contributed by atoms with Gasteiger partial charge in [-0.05, 0) is 55.5 Å². The summed E-state index contributed by atoms with van der Waals surface area (Å²) in [5, 5.41) is 11.6. The summed E-state index contributed by atoms with van der Waals surface area (Å²) in [5.74, 6) is 0.581. The number of hydrogen-bond acceptors (Lipinski definition) is 5. The number of benzene rings is 3. The standard InChI is InChI=1S/C27H27FN4O2S/c1-2-31(24-11-5-8-19-7-3-4-10-23(19)24)25(33)18-35-27-30-29-26(20-12-14-21(28)15-13-20)32(27)17-22-9-6-16-34-22/h3-5,7-8,10-15,22H,2,6,9,16-18H2,1H3. The van der Waals surface area contributed by atoms with Crippen LogP contribution >= 0.6 is 11.8 Å². The molecule has 4 aromatic rings. The molecule has 5 rings (SSSR count). The van der Waals surface area contributed by atoms with Gasteiger partial charge in [0.1, 0.15) is 5.82 Å². The van der Waals surface area contributed by atoms with Gasteiger partial charge < -0.3 is 9.64 Å². The molecule has 1 amide bonds. The monoisotopic (exact) mass is 490 g/mol. The lowest BCUT2D eigenvalue weighted by molar-refractivity contribution is -0.116. The highest BCUT2D eigenvalue weighted by molar-refractivity contribution is 7.99. The van der Waals surface area contributed by atoms with Crippen LogP contribution in [0.15, 0.2) is 71.9 Å². The second kappa shape index (κ2) is 10.6. The number of carbonyl (C=O) groups excluding carboxylic acids is 1. The van der Waals surface area contributed by atoms with Crippen LogP contribution in [0.4, 0.5) is 10.1 Å². The third-order valence-electron chi connectivity index (χ3n) is 6.23. The smallest absolute Gasteiger partial charge is 0.237 e. The number of rotatable bonds is 8. The summed E-state index contributed by atoms with van der Waals surface area (Å²) in [6.45, 7) is 3.89. The maximum absolute atomic E-state index is 13.5. The molecular weight excluding hydrogens is 463 g/mol. The molecule has 180 valence electrons. The van der Waals surface area contributed by atoms with E-state index in [4.69, 9.17) is 4.74 Å². The lowest BCUT2D eigenvalue weighted by Gasteiger charge is -2.23. The normalized spacial score (nSPS) is 15.5. The predicted molar refractivity (Wildman–Crippen MR) is 137 cm³/mol. The molecule has 1 unspecified atom stereocenters. The SMILES string of the molecule is CCN(C(=O)CSc1nnc(-c2ccc(F)cc2)n1CC1CCCO1)c1cccc2ccccc12. The number of nitrogens with zero attached hydrogens (tertiary/aromatic N) is 4. The van der Waals surface area contributed by atoms with Crippen molar-refractivity contribution in [1.82, 2.24) is 14.8 Å². The third kappa shape index (κ3) is 5.09. The second-order valence-corrected chi connectivity index (χ2v) is 9.43. The Morgan fingerprint density at radius 3 is 2.69 bits per heavy atom. The highest BCUT2D eigenvalue weighted by Crippen LogP contribution is 2.30. The molecule has 1 aliphatic rings. The van der Waals surface area contributed by atoms with Crippen molar-refractivity contribution in [2.75, 3.05) is 23.8 Å². The molecule has 0 N–H and O–H groups in total. The molecule has 35 heavy (non-hydrogen) atoms. The van der Waals surface area contributed by atoms with E-state index >= 15 is 0 Å². The molecule has 0 bridgehead atoms. The number of thioether (sulfide) groups is 1. The van der Waals surface area contributed by atoms with Crippen LogP contribution < -0.4 is 4.90 Å². The quantitative estimate of drug-likeness (QED) is 0.303. The largest absolute Gasteiger partial charge is 0.376 e.